The third-order valence-electron chi connectivity index (χ3n) is 9.24. The Hall–Kier alpha value is -3.82. The molecule has 4 atom stereocenters. The lowest BCUT2D eigenvalue weighted by Crippen LogP contribution is -2.47. The van der Waals surface area contributed by atoms with E-state index >= 15 is 0 Å². The molecule has 6 rings (SSSR count). The van der Waals surface area contributed by atoms with Crippen LogP contribution in [0.1, 0.15) is 66.9 Å². The third kappa shape index (κ3) is 6.81. The SMILES string of the molecule is CCn1nccc1C(=O)NC(c1cn2nc(C[C@H]3C[C@@H](C(F)(F)F)CNC3=O)c(N3CCOCC3)cc2n1)[C@@H]1CCCC(F)(F)C1. The Morgan fingerprint density at radius 3 is 2.76 bits per heavy atom. The second-order valence-electron chi connectivity index (χ2n) is 12.4. The van der Waals surface area contributed by atoms with Gasteiger partial charge in [0.15, 0.2) is 5.65 Å². The standard InChI is InChI=1S/C30H37F5N8O3/c1-2-42-23(5-7-37-42)28(45)39-26(18-4-3-6-29(31,32)15-18)22-17-43-25(38-22)14-24(41-8-10-46-11-9-41)21(40-43)13-19-12-20(30(33,34)35)16-36-27(19)44/h5,7,14,17-20,26H,2-4,6,8-13,15-16H2,1H3,(H,36,44)(H,39,45)/t18-,19-,20-,26?/m1/s1. The number of halogens is 5. The normalized spacial score (nSPS) is 24.5. The highest BCUT2D eigenvalue weighted by Gasteiger charge is 2.45. The average Bonchev–Trinajstić information content (AvgIpc) is 3.67. The Balaban J connectivity index is 1.37. The summed E-state index contributed by atoms with van der Waals surface area (Å²) in [5, 5.41) is 14.2. The van der Waals surface area contributed by atoms with Crippen molar-refractivity contribution in [3.8, 4) is 0 Å². The molecule has 2 saturated heterocycles. The quantitative estimate of drug-likeness (QED) is 0.354. The van der Waals surface area contributed by atoms with Gasteiger partial charge in [0, 0.05) is 63.6 Å². The summed E-state index contributed by atoms with van der Waals surface area (Å²) in [7, 11) is 0. The number of piperidine rings is 1. The van der Waals surface area contributed by atoms with Gasteiger partial charge >= 0.3 is 6.18 Å². The summed E-state index contributed by atoms with van der Waals surface area (Å²) in [4.78, 5) is 32.9. The van der Waals surface area contributed by atoms with Gasteiger partial charge in [-0.1, -0.05) is 0 Å². The summed E-state index contributed by atoms with van der Waals surface area (Å²) in [5.41, 5.74) is 2.03. The van der Waals surface area contributed by atoms with E-state index in [4.69, 9.17) is 14.8 Å². The first kappa shape index (κ1) is 32.1. The molecule has 0 aromatic carbocycles. The van der Waals surface area contributed by atoms with Crippen molar-refractivity contribution in [3.63, 3.8) is 0 Å². The number of aryl methyl sites for hydroxylation is 1. The predicted octanol–water partition coefficient (Wildman–Crippen LogP) is 3.94. The Morgan fingerprint density at radius 2 is 2.04 bits per heavy atom. The summed E-state index contributed by atoms with van der Waals surface area (Å²) >= 11 is 0. The molecule has 3 fully saturated rings. The van der Waals surface area contributed by atoms with E-state index in [1.165, 1.54) is 15.4 Å². The number of aromatic nitrogens is 5. The summed E-state index contributed by atoms with van der Waals surface area (Å²) < 4.78 is 78.5. The van der Waals surface area contributed by atoms with Gasteiger partial charge in [0.2, 0.25) is 11.8 Å². The second kappa shape index (κ2) is 12.8. The fraction of sp³-hybridized carbons (Fsp3) is 0.633. The monoisotopic (exact) mass is 652 g/mol. The molecule has 3 aromatic rings. The maximum absolute atomic E-state index is 14.6. The number of hydrogen-bond donors (Lipinski definition) is 2. The van der Waals surface area contributed by atoms with Crippen molar-refractivity contribution < 1.29 is 36.3 Å². The fourth-order valence-electron chi connectivity index (χ4n) is 6.82. The van der Waals surface area contributed by atoms with Gasteiger partial charge in [-0.25, -0.2) is 18.3 Å². The molecule has 3 aliphatic rings. The van der Waals surface area contributed by atoms with Crippen molar-refractivity contribution >= 4 is 23.1 Å². The van der Waals surface area contributed by atoms with E-state index in [0.29, 0.717) is 62.0 Å². The number of imidazole rings is 1. The molecule has 16 heteroatoms. The van der Waals surface area contributed by atoms with Gasteiger partial charge in [-0.2, -0.15) is 23.4 Å². The minimum Gasteiger partial charge on any atom is -0.378 e. The predicted molar refractivity (Wildman–Crippen MR) is 155 cm³/mol. The number of hydrogen-bond acceptors (Lipinski definition) is 7. The van der Waals surface area contributed by atoms with Gasteiger partial charge < -0.3 is 20.3 Å². The highest BCUT2D eigenvalue weighted by Crippen LogP contribution is 2.42. The summed E-state index contributed by atoms with van der Waals surface area (Å²) in [6, 6.07) is 2.44. The number of morpholine rings is 1. The van der Waals surface area contributed by atoms with Crippen LogP contribution < -0.4 is 15.5 Å². The van der Waals surface area contributed by atoms with E-state index in [-0.39, 0.29) is 31.4 Å². The zero-order chi connectivity index (χ0) is 32.6. The van der Waals surface area contributed by atoms with Crippen molar-refractivity contribution in [2.45, 2.75) is 70.1 Å². The van der Waals surface area contributed by atoms with Crippen molar-refractivity contribution in [1.82, 2.24) is 35.0 Å². The summed E-state index contributed by atoms with van der Waals surface area (Å²) in [6.07, 6.45) is -1.68. The summed E-state index contributed by atoms with van der Waals surface area (Å²) in [5.74, 6) is -7.05. The molecular weight excluding hydrogens is 615 g/mol. The number of amides is 2. The van der Waals surface area contributed by atoms with Crippen LogP contribution in [0, 0.1) is 17.8 Å². The first-order chi connectivity index (χ1) is 21.9. The largest absolute Gasteiger partial charge is 0.393 e. The average molecular weight is 653 g/mol. The Morgan fingerprint density at radius 1 is 1.26 bits per heavy atom. The number of ether oxygens (including phenoxy) is 1. The van der Waals surface area contributed by atoms with E-state index in [1.807, 2.05) is 11.8 Å². The van der Waals surface area contributed by atoms with Gasteiger partial charge in [0.1, 0.15) is 5.69 Å². The van der Waals surface area contributed by atoms with Crippen LogP contribution in [0.4, 0.5) is 27.6 Å². The molecule has 46 heavy (non-hydrogen) atoms. The van der Waals surface area contributed by atoms with Crippen LogP contribution >= 0.6 is 0 Å². The molecule has 2 N–H and O–H groups in total. The minimum atomic E-state index is -4.44. The van der Waals surface area contributed by atoms with Crippen molar-refractivity contribution in [3.05, 3.63) is 41.6 Å². The van der Waals surface area contributed by atoms with E-state index in [9.17, 15) is 31.5 Å². The third-order valence-corrected chi connectivity index (χ3v) is 9.24. The number of rotatable bonds is 8. The highest BCUT2D eigenvalue weighted by molar-refractivity contribution is 5.92. The number of carbonyl (C=O) groups excluding carboxylic acids is 2. The number of anilines is 1. The minimum absolute atomic E-state index is 0.0371. The Labute approximate surface area is 261 Å². The topological polar surface area (TPSA) is 119 Å². The Kier molecular flexibility index (Phi) is 8.91. The van der Waals surface area contributed by atoms with E-state index < -0.39 is 60.7 Å². The lowest BCUT2D eigenvalue weighted by atomic mass is 9.80. The molecule has 3 aromatic heterocycles. The zero-order valence-corrected chi connectivity index (χ0v) is 25.4. The molecule has 0 bridgehead atoms. The molecule has 2 aliphatic heterocycles. The lowest BCUT2D eigenvalue weighted by molar-refractivity contribution is -0.183. The first-order valence-corrected chi connectivity index (χ1v) is 15.7. The molecule has 2 amide bonds. The summed E-state index contributed by atoms with van der Waals surface area (Å²) in [6.45, 7) is 3.68. The van der Waals surface area contributed by atoms with Crippen molar-refractivity contribution in [1.29, 1.82) is 0 Å². The second-order valence-corrected chi connectivity index (χ2v) is 12.4. The van der Waals surface area contributed by atoms with Crippen LogP contribution in [0.15, 0.2) is 24.5 Å². The molecule has 0 spiro atoms. The van der Waals surface area contributed by atoms with Gasteiger partial charge in [-0.15, -0.1) is 0 Å². The molecule has 11 nitrogen and oxygen atoms in total. The first-order valence-electron chi connectivity index (χ1n) is 15.7. The number of fused-ring (bicyclic) bond motifs is 1. The van der Waals surface area contributed by atoms with Crippen LogP contribution in [0.25, 0.3) is 5.65 Å². The molecule has 1 saturated carbocycles. The van der Waals surface area contributed by atoms with Crippen LogP contribution in [0.3, 0.4) is 0 Å². The van der Waals surface area contributed by atoms with Gasteiger partial charge in [0.25, 0.3) is 5.91 Å². The van der Waals surface area contributed by atoms with Crippen LogP contribution in [-0.2, 0) is 22.5 Å². The molecule has 250 valence electrons. The molecular formula is C30H37F5N8O3. The molecule has 1 aliphatic carbocycles. The fourth-order valence-corrected chi connectivity index (χ4v) is 6.82. The number of nitrogens with one attached hydrogen (secondary N) is 2. The lowest BCUT2D eigenvalue weighted by Gasteiger charge is -2.34. The maximum Gasteiger partial charge on any atom is 0.393 e. The van der Waals surface area contributed by atoms with Gasteiger partial charge in [0.05, 0.1) is 48.4 Å². The van der Waals surface area contributed by atoms with E-state index in [0.717, 1.165) is 0 Å². The van der Waals surface area contributed by atoms with E-state index in [2.05, 4.69) is 15.7 Å². The van der Waals surface area contributed by atoms with Gasteiger partial charge in [-0.05, 0) is 38.2 Å². The maximum atomic E-state index is 14.6. The number of alkyl halides is 5. The van der Waals surface area contributed by atoms with Crippen LogP contribution in [-0.4, -0.2) is 81.1 Å². The number of carbonyl (C=O) groups is 2. The van der Waals surface area contributed by atoms with Crippen LogP contribution in [0.5, 0.6) is 0 Å². The molecule has 1 unspecified atom stereocenters. The molecule has 0 radical (unpaired) electrons. The molecule has 5 heterocycles. The van der Waals surface area contributed by atoms with Crippen molar-refractivity contribution in [2.75, 3.05) is 37.7 Å². The van der Waals surface area contributed by atoms with Gasteiger partial charge in [-0.3, -0.25) is 14.3 Å². The Bertz CT molecular complexity index is 1570. The number of nitrogens with zero attached hydrogens (tertiary/aromatic N) is 6. The zero-order valence-electron chi connectivity index (χ0n) is 25.4. The van der Waals surface area contributed by atoms with E-state index in [1.54, 1.807) is 18.3 Å². The smallest absolute Gasteiger partial charge is 0.378 e. The highest BCUT2D eigenvalue weighted by atomic mass is 19.4. The van der Waals surface area contributed by atoms with Crippen molar-refractivity contribution in [2.24, 2.45) is 17.8 Å². The van der Waals surface area contributed by atoms with Crippen LogP contribution in [0.2, 0.25) is 0 Å².